The highest BCUT2D eigenvalue weighted by Crippen LogP contribution is 2.15. The van der Waals surface area contributed by atoms with Crippen LogP contribution in [0, 0.1) is 5.92 Å². The van der Waals surface area contributed by atoms with Crippen molar-refractivity contribution in [2.24, 2.45) is 5.92 Å². The van der Waals surface area contributed by atoms with E-state index in [2.05, 4.69) is 30.7 Å². The van der Waals surface area contributed by atoms with E-state index >= 15 is 0 Å². The number of likely N-dealkylation sites (N-methyl/N-ethyl adjacent to an activating group) is 1. The molecule has 0 aromatic heterocycles. The number of ether oxygens (including phenoxy) is 1. The van der Waals surface area contributed by atoms with Crippen LogP contribution in [0.5, 0.6) is 0 Å². The Hall–Kier alpha value is -0.610. The van der Waals surface area contributed by atoms with Gasteiger partial charge in [-0.1, -0.05) is 13.8 Å². The van der Waals surface area contributed by atoms with Crippen molar-refractivity contribution < 1.29 is 9.53 Å². The van der Waals surface area contributed by atoms with Gasteiger partial charge in [0.2, 0.25) is 0 Å². The molecule has 16 heavy (non-hydrogen) atoms. The molecule has 1 heterocycles. The fourth-order valence-corrected chi connectivity index (χ4v) is 2.11. The van der Waals surface area contributed by atoms with Gasteiger partial charge in [0.15, 0.2) is 0 Å². The number of carbonyl (C=O) groups is 1. The summed E-state index contributed by atoms with van der Waals surface area (Å²) in [6.07, 6.45) is 0.885. The van der Waals surface area contributed by atoms with Gasteiger partial charge >= 0.3 is 5.97 Å². The Morgan fingerprint density at radius 3 is 2.25 bits per heavy atom. The zero-order valence-corrected chi connectivity index (χ0v) is 10.9. The summed E-state index contributed by atoms with van der Waals surface area (Å²) in [4.78, 5) is 16.3. The van der Waals surface area contributed by atoms with Crippen molar-refractivity contribution in [2.75, 3.05) is 40.3 Å². The lowest BCUT2D eigenvalue weighted by Gasteiger charge is -2.37. The molecule has 1 rings (SSSR count). The fraction of sp³-hybridized carbons (Fsp3) is 0.917. The SMILES string of the molecule is COC(=O)C(CC(C)C)N1CCN(C)CC1. The van der Waals surface area contributed by atoms with Gasteiger partial charge in [-0.25, -0.2) is 0 Å². The van der Waals surface area contributed by atoms with Gasteiger partial charge in [-0.05, 0) is 19.4 Å². The van der Waals surface area contributed by atoms with Crippen molar-refractivity contribution in [3.05, 3.63) is 0 Å². The number of hydrogen-bond acceptors (Lipinski definition) is 4. The first-order valence-corrected chi connectivity index (χ1v) is 6.05. The molecular formula is C12H24N2O2. The van der Waals surface area contributed by atoms with Crippen molar-refractivity contribution in [1.29, 1.82) is 0 Å². The molecule has 0 aromatic carbocycles. The van der Waals surface area contributed by atoms with Crippen molar-refractivity contribution in [3.8, 4) is 0 Å². The number of carbonyl (C=O) groups excluding carboxylic acids is 1. The molecule has 1 unspecified atom stereocenters. The molecule has 4 nitrogen and oxygen atoms in total. The van der Waals surface area contributed by atoms with E-state index in [1.165, 1.54) is 7.11 Å². The Kier molecular flexibility index (Phi) is 5.22. The van der Waals surface area contributed by atoms with Crippen LogP contribution in [-0.2, 0) is 9.53 Å². The third-order valence-corrected chi connectivity index (χ3v) is 3.15. The molecule has 0 radical (unpaired) electrons. The lowest BCUT2D eigenvalue weighted by Crippen LogP contribution is -2.52. The lowest BCUT2D eigenvalue weighted by molar-refractivity contribution is -0.148. The average Bonchev–Trinajstić information content (AvgIpc) is 2.26. The van der Waals surface area contributed by atoms with Crippen LogP contribution >= 0.6 is 0 Å². The minimum Gasteiger partial charge on any atom is -0.468 e. The molecule has 1 atom stereocenters. The van der Waals surface area contributed by atoms with Crippen LogP contribution < -0.4 is 0 Å². The number of rotatable bonds is 4. The Balaban J connectivity index is 2.57. The summed E-state index contributed by atoms with van der Waals surface area (Å²) in [6.45, 7) is 8.28. The maximum atomic E-state index is 11.8. The third kappa shape index (κ3) is 3.76. The van der Waals surface area contributed by atoms with Crippen molar-refractivity contribution in [2.45, 2.75) is 26.3 Å². The largest absolute Gasteiger partial charge is 0.468 e. The number of methoxy groups -OCH3 is 1. The molecular weight excluding hydrogens is 204 g/mol. The van der Waals surface area contributed by atoms with Crippen LogP contribution in [0.25, 0.3) is 0 Å². The Morgan fingerprint density at radius 1 is 1.25 bits per heavy atom. The van der Waals surface area contributed by atoms with E-state index in [1.54, 1.807) is 0 Å². The molecule has 0 bridgehead atoms. The molecule has 0 amide bonds. The standard InChI is InChI=1S/C12H24N2O2/c1-10(2)9-11(12(15)16-4)14-7-5-13(3)6-8-14/h10-11H,5-9H2,1-4H3. The van der Waals surface area contributed by atoms with E-state index in [1.807, 2.05) is 0 Å². The maximum absolute atomic E-state index is 11.8. The Bertz CT molecular complexity index is 223. The fourth-order valence-electron chi connectivity index (χ4n) is 2.11. The van der Waals surface area contributed by atoms with E-state index in [0.29, 0.717) is 5.92 Å². The van der Waals surface area contributed by atoms with Crippen LogP contribution in [0.4, 0.5) is 0 Å². The molecule has 1 aliphatic heterocycles. The quantitative estimate of drug-likeness (QED) is 0.667. The molecule has 1 aliphatic rings. The smallest absolute Gasteiger partial charge is 0.323 e. The summed E-state index contributed by atoms with van der Waals surface area (Å²) in [6, 6.07) is -0.0568. The first kappa shape index (κ1) is 13.5. The molecule has 1 saturated heterocycles. The highest BCUT2D eigenvalue weighted by Gasteiger charge is 2.29. The van der Waals surface area contributed by atoms with Crippen molar-refractivity contribution in [1.82, 2.24) is 9.80 Å². The summed E-state index contributed by atoms with van der Waals surface area (Å²) < 4.78 is 4.90. The maximum Gasteiger partial charge on any atom is 0.323 e. The highest BCUT2D eigenvalue weighted by atomic mass is 16.5. The monoisotopic (exact) mass is 228 g/mol. The zero-order chi connectivity index (χ0) is 12.1. The Morgan fingerprint density at radius 2 is 1.81 bits per heavy atom. The van der Waals surface area contributed by atoms with Gasteiger partial charge in [0.05, 0.1) is 7.11 Å². The summed E-state index contributed by atoms with van der Waals surface area (Å²) in [7, 11) is 3.60. The van der Waals surface area contributed by atoms with Crippen molar-refractivity contribution >= 4 is 5.97 Å². The molecule has 0 spiro atoms. The molecule has 0 saturated carbocycles. The second-order valence-electron chi connectivity index (χ2n) is 5.01. The van der Waals surface area contributed by atoms with Crippen LogP contribution in [0.15, 0.2) is 0 Å². The van der Waals surface area contributed by atoms with Gasteiger partial charge in [0.1, 0.15) is 6.04 Å². The minimum absolute atomic E-state index is 0.0568. The van der Waals surface area contributed by atoms with Crippen molar-refractivity contribution in [3.63, 3.8) is 0 Å². The molecule has 0 aromatic rings. The topological polar surface area (TPSA) is 32.8 Å². The number of nitrogens with zero attached hydrogens (tertiary/aromatic N) is 2. The summed E-state index contributed by atoms with van der Waals surface area (Å²) in [5.41, 5.74) is 0. The minimum atomic E-state index is -0.0850. The van der Waals surface area contributed by atoms with E-state index in [-0.39, 0.29) is 12.0 Å². The molecule has 0 N–H and O–H groups in total. The van der Waals surface area contributed by atoms with E-state index in [4.69, 9.17) is 4.74 Å². The van der Waals surface area contributed by atoms with E-state index in [0.717, 1.165) is 32.6 Å². The van der Waals surface area contributed by atoms with E-state index in [9.17, 15) is 4.79 Å². The lowest BCUT2D eigenvalue weighted by atomic mass is 10.0. The number of piperazine rings is 1. The van der Waals surface area contributed by atoms with Crippen LogP contribution in [0.3, 0.4) is 0 Å². The number of esters is 1. The van der Waals surface area contributed by atoms with Gasteiger partial charge in [0, 0.05) is 26.2 Å². The predicted octanol–water partition coefficient (Wildman–Crippen LogP) is 0.821. The first-order chi connectivity index (χ1) is 7.54. The van der Waals surface area contributed by atoms with Gasteiger partial charge in [0.25, 0.3) is 0 Å². The molecule has 0 aliphatic carbocycles. The second kappa shape index (κ2) is 6.21. The average molecular weight is 228 g/mol. The first-order valence-electron chi connectivity index (χ1n) is 6.05. The highest BCUT2D eigenvalue weighted by molar-refractivity contribution is 5.75. The van der Waals surface area contributed by atoms with Crippen LogP contribution in [0.2, 0.25) is 0 Å². The molecule has 94 valence electrons. The summed E-state index contributed by atoms with van der Waals surface area (Å²) in [5.74, 6) is 0.432. The zero-order valence-electron chi connectivity index (χ0n) is 10.9. The molecule has 1 fully saturated rings. The number of hydrogen-bond donors (Lipinski definition) is 0. The predicted molar refractivity (Wildman–Crippen MR) is 64.3 cm³/mol. The van der Waals surface area contributed by atoms with Gasteiger partial charge < -0.3 is 9.64 Å². The van der Waals surface area contributed by atoms with Gasteiger partial charge in [-0.2, -0.15) is 0 Å². The summed E-state index contributed by atoms with van der Waals surface area (Å²) >= 11 is 0. The Labute approximate surface area is 98.5 Å². The van der Waals surface area contributed by atoms with Crippen LogP contribution in [-0.4, -0.2) is 62.1 Å². The molecule has 4 heteroatoms. The van der Waals surface area contributed by atoms with E-state index < -0.39 is 0 Å². The summed E-state index contributed by atoms with van der Waals surface area (Å²) in [5, 5.41) is 0. The van der Waals surface area contributed by atoms with Crippen LogP contribution in [0.1, 0.15) is 20.3 Å². The van der Waals surface area contributed by atoms with Gasteiger partial charge in [-0.3, -0.25) is 9.69 Å². The second-order valence-corrected chi connectivity index (χ2v) is 5.01. The van der Waals surface area contributed by atoms with Gasteiger partial charge in [-0.15, -0.1) is 0 Å². The normalized spacial score (nSPS) is 21.1. The third-order valence-electron chi connectivity index (χ3n) is 3.15.